The second kappa shape index (κ2) is 6.63. The molecular formula is C14H19FN2O2. The Balaban J connectivity index is 2.00. The molecule has 0 aliphatic carbocycles. The summed E-state index contributed by atoms with van der Waals surface area (Å²) in [6.07, 6.45) is 0.394. The second-order valence-corrected chi connectivity index (χ2v) is 4.54. The van der Waals surface area contributed by atoms with E-state index in [0.717, 1.165) is 12.2 Å². The molecule has 1 heterocycles. The summed E-state index contributed by atoms with van der Waals surface area (Å²) in [4.78, 5) is 13.9. The topological polar surface area (TPSA) is 41.6 Å². The molecule has 0 spiro atoms. The van der Waals surface area contributed by atoms with Crippen molar-refractivity contribution in [3.63, 3.8) is 0 Å². The lowest BCUT2D eigenvalue weighted by atomic mass is 10.1. The van der Waals surface area contributed by atoms with Crippen LogP contribution in [0.15, 0.2) is 24.3 Å². The van der Waals surface area contributed by atoms with Gasteiger partial charge in [-0.3, -0.25) is 4.79 Å². The first kappa shape index (κ1) is 14.0. The van der Waals surface area contributed by atoms with E-state index in [2.05, 4.69) is 5.32 Å². The highest BCUT2D eigenvalue weighted by atomic mass is 19.1. The molecule has 0 bridgehead atoms. The number of carbonyl (C=O) groups excluding carboxylic acids is 1. The molecule has 0 saturated carbocycles. The van der Waals surface area contributed by atoms with Gasteiger partial charge in [-0.05, 0) is 31.2 Å². The fourth-order valence-electron chi connectivity index (χ4n) is 2.20. The third-order valence-corrected chi connectivity index (χ3v) is 3.18. The molecule has 2 rings (SSSR count). The van der Waals surface area contributed by atoms with E-state index in [1.165, 1.54) is 12.1 Å². The van der Waals surface area contributed by atoms with Crippen LogP contribution in [-0.4, -0.2) is 38.3 Å². The van der Waals surface area contributed by atoms with Crippen LogP contribution in [0.3, 0.4) is 0 Å². The summed E-state index contributed by atoms with van der Waals surface area (Å²) in [5, 5.41) is 3.26. The van der Waals surface area contributed by atoms with Crippen LogP contribution in [-0.2, 0) is 9.53 Å². The highest BCUT2D eigenvalue weighted by Crippen LogP contribution is 2.16. The van der Waals surface area contributed by atoms with Crippen molar-refractivity contribution in [3.8, 4) is 0 Å². The normalized spacial score (nSPS) is 19.2. The van der Waals surface area contributed by atoms with Gasteiger partial charge in [0.2, 0.25) is 5.91 Å². The summed E-state index contributed by atoms with van der Waals surface area (Å²) in [6, 6.07) is 6.06. The van der Waals surface area contributed by atoms with Gasteiger partial charge in [-0.2, -0.15) is 0 Å². The smallest absolute Gasteiger partial charge is 0.228 e. The van der Waals surface area contributed by atoms with Gasteiger partial charge in [0, 0.05) is 31.2 Å². The van der Waals surface area contributed by atoms with E-state index in [9.17, 15) is 9.18 Å². The van der Waals surface area contributed by atoms with Gasteiger partial charge in [-0.1, -0.05) is 0 Å². The molecule has 5 heteroatoms. The number of amides is 1. The minimum Gasteiger partial charge on any atom is -0.378 e. The lowest BCUT2D eigenvalue weighted by molar-refractivity contribution is -0.119. The molecule has 104 valence electrons. The largest absolute Gasteiger partial charge is 0.378 e. The van der Waals surface area contributed by atoms with Crippen LogP contribution in [0.1, 0.15) is 13.3 Å². The highest BCUT2D eigenvalue weighted by Gasteiger charge is 2.21. The zero-order chi connectivity index (χ0) is 13.7. The molecule has 1 saturated heterocycles. The van der Waals surface area contributed by atoms with Crippen molar-refractivity contribution in [3.05, 3.63) is 30.1 Å². The molecule has 0 radical (unpaired) electrons. The Morgan fingerprint density at radius 2 is 2.21 bits per heavy atom. The average Bonchev–Trinajstić information content (AvgIpc) is 2.43. The van der Waals surface area contributed by atoms with Crippen LogP contribution in [0.25, 0.3) is 0 Å². The number of nitrogens with one attached hydrogen (secondary N) is 1. The SMILES string of the molecule is CCN(C(=O)CC1COCCN1)c1ccc(F)cc1. The maximum Gasteiger partial charge on any atom is 0.228 e. The van der Waals surface area contributed by atoms with Crippen LogP contribution in [0.5, 0.6) is 0 Å². The van der Waals surface area contributed by atoms with Crippen molar-refractivity contribution < 1.29 is 13.9 Å². The van der Waals surface area contributed by atoms with E-state index < -0.39 is 0 Å². The van der Waals surface area contributed by atoms with Gasteiger partial charge in [0.15, 0.2) is 0 Å². The van der Waals surface area contributed by atoms with Gasteiger partial charge in [0.1, 0.15) is 5.82 Å². The number of nitrogens with zero attached hydrogens (tertiary/aromatic N) is 1. The van der Waals surface area contributed by atoms with Crippen LogP contribution in [0.4, 0.5) is 10.1 Å². The number of rotatable bonds is 4. The van der Waals surface area contributed by atoms with Crippen molar-refractivity contribution in [1.29, 1.82) is 0 Å². The van der Waals surface area contributed by atoms with Gasteiger partial charge in [0.05, 0.1) is 13.2 Å². The Labute approximate surface area is 112 Å². The molecule has 1 amide bonds. The van der Waals surface area contributed by atoms with E-state index in [4.69, 9.17) is 4.74 Å². The van der Waals surface area contributed by atoms with Gasteiger partial charge >= 0.3 is 0 Å². The maximum absolute atomic E-state index is 12.9. The predicted octanol–water partition coefficient (Wildman–Crippen LogP) is 1.56. The Morgan fingerprint density at radius 1 is 1.47 bits per heavy atom. The molecule has 1 fully saturated rings. The fraction of sp³-hybridized carbons (Fsp3) is 0.500. The number of hydrogen-bond acceptors (Lipinski definition) is 3. The Bertz CT molecular complexity index is 416. The Kier molecular flexibility index (Phi) is 4.87. The van der Waals surface area contributed by atoms with E-state index in [-0.39, 0.29) is 17.8 Å². The third-order valence-electron chi connectivity index (χ3n) is 3.18. The number of hydrogen-bond donors (Lipinski definition) is 1. The number of halogens is 1. The monoisotopic (exact) mass is 266 g/mol. The molecular weight excluding hydrogens is 247 g/mol. The molecule has 19 heavy (non-hydrogen) atoms. The van der Waals surface area contributed by atoms with Crippen molar-refractivity contribution >= 4 is 11.6 Å². The number of morpholine rings is 1. The first-order valence-corrected chi connectivity index (χ1v) is 6.57. The summed E-state index contributed by atoms with van der Waals surface area (Å²) in [5.74, 6) is -0.272. The van der Waals surface area contributed by atoms with Gasteiger partial charge < -0.3 is 15.0 Å². The summed E-state index contributed by atoms with van der Waals surface area (Å²) in [7, 11) is 0. The standard InChI is InChI=1S/C14H19FN2O2/c1-2-17(13-5-3-11(15)4-6-13)14(18)9-12-10-19-8-7-16-12/h3-6,12,16H,2,7-10H2,1H3. The van der Waals surface area contributed by atoms with Crippen molar-refractivity contribution in [2.45, 2.75) is 19.4 Å². The van der Waals surface area contributed by atoms with Crippen LogP contribution < -0.4 is 10.2 Å². The Morgan fingerprint density at radius 3 is 2.79 bits per heavy atom. The van der Waals surface area contributed by atoms with Crippen LogP contribution in [0, 0.1) is 5.82 Å². The maximum atomic E-state index is 12.9. The van der Waals surface area contributed by atoms with Crippen molar-refractivity contribution in [1.82, 2.24) is 5.32 Å². The van der Waals surface area contributed by atoms with Gasteiger partial charge in [0.25, 0.3) is 0 Å². The Hall–Kier alpha value is -1.46. The number of anilines is 1. The number of ether oxygens (including phenoxy) is 1. The first-order chi connectivity index (χ1) is 9.20. The first-order valence-electron chi connectivity index (χ1n) is 6.57. The van der Waals surface area contributed by atoms with Gasteiger partial charge in [-0.15, -0.1) is 0 Å². The summed E-state index contributed by atoms with van der Waals surface area (Å²) in [5.41, 5.74) is 0.727. The molecule has 0 aromatic heterocycles. The minimum atomic E-state index is -0.297. The quantitative estimate of drug-likeness (QED) is 0.899. The van der Waals surface area contributed by atoms with E-state index >= 15 is 0 Å². The van der Waals surface area contributed by atoms with Crippen molar-refractivity contribution in [2.24, 2.45) is 0 Å². The predicted molar refractivity (Wildman–Crippen MR) is 71.7 cm³/mol. The molecule has 4 nitrogen and oxygen atoms in total. The fourth-order valence-corrected chi connectivity index (χ4v) is 2.20. The molecule has 1 unspecified atom stereocenters. The average molecular weight is 266 g/mol. The van der Waals surface area contributed by atoms with Crippen LogP contribution >= 0.6 is 0 Å². The molecule has 1 aliphatic heterocycles. The van der Waals surface area contributed by atoms with Gasteiger partial charge in [-0.25, -0.2) is 4.39 Å². The second-order valence-electron chi connectivity index (χ2n) is 4.54. The zero-order valence-corrected chi connectivity index (χ0v) is 11.1. The third kappa shape index (κ3) is 3.75. The lowest BCUT2D eigenvalue weighted by Crippen LogP contribution is -2.45. The van der Waals surface area contributed by atoms with Crippen molar-refractivity contribution in [2.75, 3.05) is 31.2 Å². The van der Waals surface area contributed by atoms with E-state index in [1.54, 1.807) is 17.0 Å². The lowest BCUT2D eigenvalue weighted by Gasteiger charge is -2.27. The minimum absolute atomic E-state index is 0.0251. The highest BCUT2D eigenvalue weighted by molar-refractivity contribution is 5.93. The molecule has 1 aromatic carbocycles. The summed E-state index contributed by atoms with van der Waals surface area (Å²) < 4.78 is 18.2. The summed E-state index contributed by atoms with van der Waals surface area (Å²) in [6.45, 7) is 4.51. The molecule has 1 N–H and O–H groups in total. The zero-order valence-electron chi connectivity index (χ0n) is 11.1. The van der Waals surface area contributed by atoms with Crippen LogP contribution in [0.2, 0.25) is 0 Å². The van der Waals surface area contributed by atoms with E-state index in [1.807, 2.05) is 6.92 Å². The molecule has 1 aliphatic rings. The number of carbonyl (C=O) groups is 1. The molecule has 1 atom stereocenters. The summed E-state index contributed by atoms with van der Waals surface area (Å²) >= 11 is 0. The molecule has 1 aromatic rings. The van der Waals surface area contributed by atoms with E-state index in [0.29, 0.717) is 26.2 Å². The number of benzene rings is 1.